The zero-order chi connectivity index (χ0) is 23.5. The second-order valence-electron chi connectivity index (χ2n) is 10.9. The monoisotopic (exact) mass is 448 g/mol. The zero-order valence-corrected chi connectivity index (χ0v) is 19.6. The second kappa shape index (κ2) is 7.94. The maximum atomic E-state index is 12.6. The number of ketones is 1. The average Bonchev–Trinajstić information content (AvgIpc) is 2.98. The number of allylic oxidation sites excluding steroid dienone is 1. The lowest BCUT2D eigenvalue weighted by Gasteiger charge is -2.60. The van der Waals surface area contributed by atoms with E-state index in [9.17, 15) is 24.6 Å². The molecule has 0 aliphatic heterocycles. The van der Waals surface area contributed by atoms with Gasteiger partial charge in [0.15, 0.2) is 5.78 Å². The third-order valence-corrected chi connectivity index (χ3v) is 9.38. The molecule has 0 spiro atoms. The molecule has 0 aromatic heterocycles. The lowest BCUT2D eigenvalue weighted by Crippen LogP contribution is -2.62. The minimum Gasteiger partial charge on any atom is -0.462 e. The first-order valence-corrected chi connectivity index (χ1v) is 11.9. The number of hydrogen-bond acceptors (Lipinski definition) is 7. The molecule has 0 bridgehead atoms. The highest BCUT2D eigenvalue weighted by Gasteiger charge is 2.68. The minimum atomic E-state index is -1.60. The first-order valence-electron chi connectivity index (χ1n) is 11.9. The third kappa shape index (κ3) is 3.35. The van der Waals surface area contributed by atoms with Crippen molar-refractivity contribution >= 4 is 17.7 Å². The van der Waals surface area contributed by atoms with Crippen molar-refractivity contribution in [3.63, 3.8) is 0 Å². The highest BCUT2D eigenvalue weighted by Crippen LogP contribution is 2.67. The Morgan fingerprint density at radius 2 is 1.78 bits per heavy atom. The van der Waals surface area contributed by atoms with E-state index in [0.717, 1.165) is 19.3 Å². The van der Waals surface area contributed by atoms with Crippen LogP contribution in [0.25, 0.3) is 0 Å². The number of Topliss-reactive ketones (excluding diaryl/α,β-unsaturated/α-hetero) is 1. The van der Waals surface area contributed by atoms with Gasteiger partial charge >= 0.3 is 11.9 Å². The van der Waals surface area contributed by atoms with Gasteiger partial charge in [-0.3, -0.25) is 14.4 Å². The molecule has 0 heterocycles. The lowest BCUT2D eigenvalue weighted by atomic mass is 9.46. The van der Waals surface area contributed by atoms with Gasteiger partial charge in [-0.05, 0) is 55.8 Å². The van der Waals surface area contributed by atoms with Gasteiger partial charge in [-0.25, -0.2) is 0 Å². The summed E-state index contributed by atoms with van der Waals surface area (Å²) in [6.45, 7) is 6.32. The number of ether oxygens (including phenoxy) is 2. The first kappa shape index (κ1) is 23.4. The van der Waals surface area contributed by atoms with Crippen LogP contribution < -0.4 is 0 Å². The summed E-state index contributed by atoms with van der Waals surface area (Å²) in [5.41, 5.74) is -1.29. The predicted octanol–water partition coefficient (Wildman–Crippen LogP) is 2.72. The summed E-state index contributed by atoms with van der Waals surface area (Å²) in [5.74, 6) is -0.827. The molecular weight excluding hydrogens is 412 g/mol. The Morgan fingerprint density at radius 1 is 1.09 bits per heavy atom. The molecule has 2 N–H and O–H groups in total. The first-order chi connectivity index (χ1) is 15.0. The van der Waals surface area contributed by atoms with Crippen molar-refractivity contribution in [1.82, 2.24) is 0 Å². The minimum absolute atomic E-state index is 0.0781. The van der Waals surface area contributed by atoms with Gasteiger partial charge < -0.3 is 19.7 Å². The van der Waals surface area contributed by atoms with E-state index in [0.29, 0.717) is 25.7 Å². The number of carbonyl (C=O) groups is 3. The van der Waals surface area contributed by atoms with Crippen molar-refractivity contribution in [2.45, 2.75) is 90.4 Å². The molecular formula is C25H36O7. The van der Waals surface area contributed by atoms with E-state index in [4.69, 9.17) is 9.47 Å². The smallest absolute Gasteiger partial charge is 0.302 e. The second-order valence-corrected chi connectivity index (χ2v) is 10.9. The Bertz CT molecular complexity index is 849. The van der Waals surface area contributed by atoms with Crippen molar-refractivity contribution in [2.75, 3.05) is 6.61 Å². The van der Waals surface area contributed by atoms with E-state index < -0.39 is 29.5 Å². The molecule has 32 heavy (non-hydrogen) atoms. The maximum absolute atomic E-state index is 12.6. The zero-order valence-electron chi connectivity index (χ0n) is 19.6. The molecule has 0 aromatic carbocycles. The highest BCUT2D eigenvalue weighted by atomic mass is 16.5. The molecule has 0 saturated heterocycles. The molecule has 3 saturated carbocycles. The van der Waals surface area contributed by atoms with Gasteiger partial charge in [0.1, 0.15) is 24.4 Å². The van der Waals surface area contributed by atoms with Gasteiger partial charge in [0.05, 0.1) is 0 Å². The van der Waals surface area contributed by atoms with Crippen LogP contribution in [0.1, 0.15) is 72.6 Å². The normalized spacial score (nSPS) is 45.1. The van der Waals surface area contributed by atoms with Crippen LogP contribution in [0.15, 0.2) is 11.6 Å². The van der Waals surface area contributed by atoms with E-state index in [1.54, 1.807) is 0 Å². The summed E-state index contributed by atoms with van der Waals surface area (Å²) < 4.78 is 11.4. The third-order valence-electron chi connectivity index (χ3n) is 9.38. The van der Waals surface area contributed by atoms with Crippen LogP contribution >= 0.6 is 0 Å². The van der Waals surface area contributed by atoms with Crippen LogP contribution in [-0.2, 0) is 23.9 Å². The van der Waals surface area contributed by atoms with Crippen LogP contribution in [0.4, 0.5) is 0 Å². The quantitative estimate of drug-likeness (QED) is 0.503. The van der Waals surface area contributed by atoms with Crippen molar-refractivity contribution in [2.24, 2.45) is 28.6 Å². The van der Waals surface area contributed by atoms with Gasteiger partial charge in [-0.1, -0.05) is 25.5 Å². The largest absolute Gasteiger partial charge is 0.462 e. The Morgan fingerprint density at radius 3 is 2.41 bits per heavy atom. The summed E-state index contributed by atoms with van der Waals surface area (Å²) in [5, 5.41) is 21.0. The molecule has 3 fully saturated rings. The van der Waals surface area contributed by atoms with Crippen LogP contribution in [0, 0.1) is 28.6 Å². The van der Waals surface area contributed by atoms with Crippen molar-refractivity contribution < 1.29 is 34.1 Å². The van der Waals surface area contributed by atoms with E-state index in [2.05, 4.69) is 13.0 Å². The number of hydrogen-bond donors (Lipinski definition) is 2. The molecule has 8 atom stereocenters. The molecule has 4 rings (SSSR count). The number of aliphatic hydroxyl groups is 2. The Balaban J connectivity index is 1.73. The molecule has 0 aromatic rings. The van der Waals surface area contributed by atoms with Crippen molar-refractivity contribution in [1.29, 1.82) is 0 Å². The van der Waals surface area contributed by atoms with E-state index in [-0.39, 0.29) is 41.2 Å². The summed E-state index contributed by atoms with van der Waals surface area (Å²) in [7, 11) is 0. The summed E-state index contributed by atoms with van der Waals surface area (Å²) >= 11 is 0. The molecule has 7 heteroatoms. The SMILES string of the molecule is CC(=O)O[C@H]1CC[C@@]2(C)C(=CC[C@@H]3[C@@H]2[C@@H](OC(C)=O)C[C@@]2(C)[C@H]3CC[C@]2(O)C(=O)CO)C1. The predicted molar refractivity (Wildman–Crippen MR) is 115 cm³/mol. The standard InChI is InChI=1S/C25H36O7/c1-14(27)31-17-7-9-23(3)16(11-17)5-6-18-19-8-10-25(30,21(29)13-26)24(19,4)12-20(22(18)23)32-15(2)28/h5,17-20,22,26,30H,6-13H2,1-4H3/t17-,18-,19-,20-,22+,23-,24-,25-/m0/s1. The summed E-state index contributed by atoms with van der Waals surface area (Å²) in [6.07, 6.45) is 6.22. The topological polar surface area (TPSA) is 110 Å². The van der Waals surface area contributed by atoms with Gasteiger partial charge in [0.2, 0.25) is 0 Å². The van der Waals surface area contributed by atoms with Gasteiger partial charge in [0.25, 0.3) is 0 Å². The van der Waals surface area contributed by atoms with Crippen LogP contribution in [-0.4, -0.2) is 52.4 Å². The number of rotatable bonds is 4. The molecule has 4 aliphatic rings. The summed E-state index contributed by atoms with van der Waals surface area (Å²) in [6, 6.07) is 0. The molecule has 0 amide bonds. The molecule has 0 unspecified atom stereocenters. The van der Waals surface area contributed by atoms with E-state index >= 15 is 0 Å². The van der Waals surface area contributed by atoms with Gasteiger partial charge in [0, 0.05) is 31.6 Å². The van der Waals surface area contributed by atoms with Crippen LogP contribution in [0.3, 0.4) is 0 Å². The Labute approximate surface area is 189 Å². The molecule has 4 aliphatic carbocycles. The van der Waals surface area contributed by atoms with Crippen LogP contribution in [0.2, 0.25) is 0 Å². The van der Waals surface area contributed by atoms with Gasteiger partial charge in [-0.15, -0.1) is 0 Å². The average molecular weight is 449 g/mol. The fourth-order valence-electron chi connectivity index (χ4n) is 7.98. The van der Waals surface area contributed by atoms with Crippen molar-refractivity contribution in [3.05, 3.63) is 11.6 Å². The molecule has 178 valence electrons. The number of aliphatic hydroxyl groups excluding tert-OH is 1. The number of esters is 2. The number of fused-ring (bicyclic) bond motifs is 5. The van der Waals surface area contributed by atoms with Crippen LogP contribution in [0.5, 0.6) is 0 Å². The maximum Gasteiger partial charge on any atom is 0.302 e. The molecule has 7 nitrogen and oxygen atoms in total. The lowest BCUT2D eigenvalue weighted by molar-refractivity contribution is -0.194. The fraction of sp³-hybridized carbons (Fsp3) is 0.800. The Hall–Kier alpha value is -1.73. The summed E-state index contributed by atoms with van der Waals surface area (Å²) in [4.78, 5) is 36.2. The Kier molecular flexibility index (Phi) is 5.82. The highest BCUT2D eigenvalue weighted by molar-refractivity contribution is 5.89. The van der Waals surface area contributed by atoms with Gasteiger partial charge in [-0.2, -0.15) is 0 Å². The fourth-order valence-corrected chi connectivity index (χ4v) is 7.98. The van der Waals surface area contributed by atoms with E-state index in [1.165, 1.54) is 19.4 Å². The number of carbonyl (C=O) groups excluding carboxylic acids is 3. The molecule has 0 radical (unpaired) electrons. The van der Waals surface area contributed by atoms with Crippen molar-refractivity contribution in [3.8, 4) is 0 Å². The van der Waals surface area contributed by atoms with E-state index in [1.807, 2.05) is 6.92 Å².